The summed E-state index contributed by atoms with van der Waals surface area (Å²) in [6.07, 6.45) is 2.33. The van der Waals surface area contributed by atoms with Crippen LogP contribution >= 0.6 is 0 Å². The molecule has 0 saturated carbocycles. The number of carbonyl (C=O) groups excluding carboxylic acids is 4. The maximum Gasteiger partial charge on any atom is 0.421 e. The van der Waals surface area contributed by atoms with Crippen molar-refractivity contribution in [2.24, 2.45) is 5.84 Å². The standard InChI is InChI=1S/C7H12O3.C5H12N2O2.C5H6O3/c1-2-6(8)4-3-5-7(9)10;1-5(2,3)9-4(8)7-6;6-4-2-1-3-5(7)8-4/h2-5H2,1H3,(H,9,10);6H2,1-3H3,(H,7,8);1-3H2. The van der Waals surface area contributed by atoms with Crippen LogP contribution in [0.4, 0.5) is 4.79 Å². The Kier molecular flexibility index (Phi) is 14.5. The molecule has 1 saturated heterocycles. The Morgan fingerprint density at radius 2 is 1.67 bits per heavy atom. The number of carboxylic acid groups (broad SMARTS) is 1. The average molecular weight is 390 g/mol. The lowest BCUT2D eigenvalue weighted by Crippen LogP contribution is -2.36. The molecule has 1 aliphatic rings. The Morgan fingerprint density at radius 1 is 1.15 bits per heavy atom. The van der Waals surface area contributed by atoms with E-state index in [1.54, 1.807) is 27.7 Å². The van der Waals surface area contributed by atoms with Gasteiger partial charge in [-0.15, -0.1) is 0 Å². The van der Waals surface area contributed by atoms with E-state index in [1.807, 2.05) is 5.43 Å². The monoisotopic (exact) mass is 390 g/mol. The summed E-state index contributed by atoms with van der Waals surface area (Å²) in [4.78, 5) is 51.4. The summed E-state index contributed by atoms with van der Waals surface area (Å²) in [6, 6.07) is 0. The smallest absolute Gasteiger partial charge is 0.421 e. The molecule has 0 radical (unpaired) electrons. The van der Waals surface area contributed by atoms with Gasteiger partial charge in [-0.25, -0.2) is 10.6 Å². The van der Waals surface area contributed by atoms with E-state index in [1.165, 1.54) is 0 Å². The molecule has 0 atom stereocenters. The van der Waals surface area contributed by atoms with Crippen molar-refractivity contribution in [3.63, 3.8) is 0 Å². The summed E-state index contributed by atoms with van der Waals surface area (Å²) in [6.45, 7) is 7.08. The number of rotatable bonds is 5. The van der Waals surface area contributed by atoms with Crippen molar-refractivity contribution < 1.29 is 38.6 Å². The number of hydrogen-bond donors (Lipinski definition) is 3. The van der Waals surface area contributed by atoms with Crippen LogP contribution in [0.25, 0.3) is 0 Å². The molecular weight excluding hydrogens is 360 g/mol. The molecule has 0 bridgehead atoms. The van der Waals surface area contributed by atoms with E-state index < -0.39 is 17.7 Å². The number of hydrogen-bond acceptors (Lipinski definition) is 8. The molecule has 27 heavy (non-hydrogen) atoms. The minimum Gasteiger partial charge on any atom is -0.481 e. The highest BCUT2D eigenvalue weighted by atomic mass is 16.6. The third-order valence-corrected chi connectivity index (χ3v) is 2.75. The zero-order valence-electron chi connectivity index (χ0n) is 16.3. The molecule has 10 heteroatoms. The van der Waals surface area contributed by atoms with Crippen molar-refractivity contribution in [1.29, 1.82) is 0 Å². The maximum atomic E-state index is 10.6. The number of ether oxygens (including phenoxy) is 2. The van der Waals surface area contributed by atoms with E-state index in [4.69, 9.17) is 15.7 Å². The molecule has 0 aliphatic carbocycles. The Balaban J connectivity index is 0. The van der Waals surface area contributed by atoms with Crippen molar-refractivity contribution >= 4 is 29.8 Å². The second kappa shape index (κ2) is 14.7. The molecule has 1 fully saturated rings. The van der Waals surface area contributed by atoms with Crippen LogP contribution in [0.5, 0.6) is 0 Å². The number of carbonyl (C=O) groups is 5. The van der Waals surface area contributed by atoms with Gasteiger partial charge in [0.05, 0.1) is 0 Å². The van der Waals surface area contributed by atoms with Crippen LogP contribution in [-0.4, -0.2) is 40.5 Å². The molecule has 10 nitrogen and oxygen atoms in total. The Bertz CT molecular complexity index is 498. The number of Topliss-reactive ketones (excluding diaryl/α,β-unsaturated/α-hetero) is 1. The molecule has 1 amide bonds. The topological polar surface area (TPSA) is 162 Å². The zero-order chi connectivity index (χ0) is 21.5. The van der Waals surface area contributed by atoms with Gasteiger partial charge in [0.1, 0.15) is 11.4 Å². The molecule has 0 aromatic rings. The quantitative estimate of drug-likeness (QED) is 0.209. The number of esters is 2. The van der Waals surface area contributed by atoms with Gasteiger partial charge in [0.25, 0.3) is 0 Å². The highest BCUT2D eigenvalue weighted by Gasteiger charge is 2.16. The molecule has 0 unspecified atom stereocenters. The van der Waals surface area contributed by atoms with Crippen LogP contribution in [0.3, 0.4) is 0 Å². The summed E-state index contributed by atoms with van der Waals surface area (Å²) < 4.78 is 8.92. The zero-order valence-corrected chi connectivity index (χ0v) is 16.3. The fourth-order valence-electron chi connectivity index (χ4n) is 1.53. The first-order valence-corrected chi connectivity index (χ1v) is 8.57. The van der Waals surface area contributed by atoms with Gasteiger partial charge in [-0.3, -0.25) is 24.6 Å². The summed E-state index contributed by atoms with van der Waals surface area (Å²) in [5.74, 6) is 3.29. The fourth-order valence-corrected chi connectivity index (χ4v) is 1.53. The number of aliphatic carboxylic acids is 1. The summed E-state index contributed by atoms with van der Waals surface area (Å²) in [7, 11) is 0. The predicted octanol–water partition coefficient (Wildman–Crippen LogP) is 1.85. The minimum atomic E-state index is -0.830. The van der Waals surface area contributed by atoms with Gasteiger partial charge >= 0.3 is 24.0 Å². The number of hydrazine groups is 1. The molecule has 0 aromatic heterocycles. The van der Waals surface area contributed by atoms with Crippen LogP contribution in [0, 0.1) is 0 Å². The second-order valence-corrected chi connectivity index (χ2v) is 6.49. The van der Waals surface area contributed by atoms with Crippen molar-refractivity contribution in [1.82, 2.24) is 5.43 Å². The van der Waals surface area contributed by atoms with E-state index in [9.17, 15) is 24.0 Å². The molecule has 1 aliphatic heterocycles. The largest absolute Gasteiger partial charge is 0.481 e. The van der Waals surface area contributed by atoms with E-state index >= 15 is 0 Å². The van der Waals surface area contributed by atoms with Gasteiger partial charge < -0.3 is 14.6 Å². The highest BCUT2D eigenvalue weighted by molar-refractivity contribution is 5.87. The first-order chi connectivity index (χ1) is 12.4. The molecule has 4 N–H and O–H groups in total. The highest BCUT2D eigenvalue weighted by Crippen LogP contribution is 2.06. The minimum absolute atomic E-state index is 0.103. The maximum absolute atomic E-state index is 10.6. The van der Waals surface area contributed by atoms with Gasteiger partial charge in [-0.05, 0) is 33.6 Å². The molecule has 0 aromatic carbocycles. The Hall–Kier alpha value is -2.49. The van der Waals surface area contributed by atoms with Crippen molar-refractivity contribution in [2.45, 2.75) is 78.2 Å². The normalized spacial score (nSPS) is 13.1. The molecule has 1 rings (SSSR count). The number of ketones is 1. The average Bonchev–Trinajstić information content (AvgIpc) is 2.53. The summed E-state index contributed by atoms with van der Waals surface area (Å²) in [5.41, 5.74) is 1.39. The third kappa shape index (κ3) is 21.5. The molecule has 0 spiro atoms. The number of nitrogens with one attached hydrogen (secondary N) is 1. The summed E-state index contributed by atoms with van der Waals surface area (Å²) >= 11 is 0. The SMILES string of the molecule is CC(C)(C)OC(=O)NN.CCC(=O)CCCC(=O)O.O=C1CCCC(=O)O1. The lowest BCUT2D eigenvalue weighted by Gasteiger charge is -2.18. The van der Waals surface area contributed by atoms with Crippen LogP contribution in [0.15, 0.2) is 0 Å². The number of carboxylic acids is 1. The first kappa shape index (κ1) is 26.7. The Morgan fingerprint density at radius 3 is 1.93 bits per heavy atom. The van der Waals surface area contributed by atoms with Crippen molar-refractivity contribution in [2.75, 3.05) is 0 Å². The van der Waals surface area contributed by atoms with Crippen LogP contribution < -0.4 is 11.3 Å². The van der Waals surface area contributed by atoms with Gasteiger partial charge in [-0.1, -0.05) is 6.92 Å². The van der Waals surface area contributed by atoms with Gasteiger partial charge in [-0.2, -0.15) is 0 Å². The fraction of sp³-hybridized carbons (Fsp3) is 0.706. The van der Waals surface area contributed by atoms with Gasteiger partial charge in [0.15, 0.2) is 0 Å². The van der Waals surface area contributed by atoms with E-state index in [2.05, 4.69) is 4.74 Å². The number of nitrogens with two attached hydrogens (primary N) is 1. The third-order valence-electron chi connectivity index (χ3n) is 2.75. The van der Waals surface area contributed by atoms with E-state index in [0.717, 1.165) is 0 Å². The lowest BCUT2D eigenvalue weighted by molar-refractivity contribution is -0.163. The van der Waals surface area contributed by atoms with Crippen LogP contribution in [0.1, 0.15) is 72.6 Å². The predicted molar refractivity (Wildman–Crippen MR) is 95.3 cm³/mol. The van der Waals surface area contributed by atoms with E-state index in [-0.39, 0.29) is 24.1 Å². The first-order valence-electron chi connectivity index (χ1n) is 8.57. The Labute approximate surface area is 158 Å². The van der Waals surface area contributed by atoms with Crippen LogP contribution in [-0.2, 0) is 28.7 Å². The lowest BCUT2D eigenvalue weighted by atomic mass is 10.1. The second-order valence-electron chi connectivity index (χ2n) is 6.49. The van der Waals surface area contributed by atoms with Gasteiger partial charge in [0.2, 0.25) is 0 Å². The van der Waals surface area contributed by atoms with Crippen LogP contribution in [0.2, 0.25) is 0 Å². The van der Waals surface area contributed by atoms with Crippen molar-refractivity contribution in [3.05, 3.63) is 0 Å². The van der Waals surface area contributed by atoms with E-state index in [0.29, 0.717) is 38.5 Å². The number of cyclic esters (lactones) is 2. The van der Waals surface area contributed by atoms with Crippen molar-refractivity contribution in [3.8, 4) is 0 Å². The molecular formula is C17H30N2O8. The molecule has 1 heterocycles. The molecule has 156 valence electrons. The van der Waals surface area contributed by atoms with Gasteiger partial charge in [0, 0.05) is 32.1 Å². The number of amides is 1. The summed E-state index contributed by atoms with van der Waals surface area (Å²) in [5, 5.41) is 8.19.